The molecule has 1 aliphatic heterocycles. The lowest BCUT2D eigenvalue weighted by Crippen LogP contribution is -2.38. The van der Waals surface area contributed by atoms with Crippen LogP contribution in [0.5, 0.6) is 0 Å². The van der Waals surface area contributed by atoms with Crippen LogP contribution in [0.1, 0.15) is 47.2 Å². The van der Waals surface area contributed by atoms with Crippen LogP contribution in [0.2, 0.25) is 0 Å². The van der Waals surface area contributed by atoms with E-state index in [-0.39, 0.29) is 11.8 Å². The molecular weight excluding hydrogens is 330 g/mol. The normalized spacial score (nSPS) is 15.7. The number of hydrogen-bond acceptors (Lipinski definition) is 5. The zero-order valence-electron chi connectivity index (χ0n) is 15.4. The SMILES string of the molecule is Cc1noc(C2CCN(C(=O)Cc3coc4c(C)c(C)ccc34)CC2)n1. The summed E-state index contributed by atoms with van der Waals surface area (Å²) in [4.78, 5) is 19.0. The van der Waals surface area contributed by atoms with Crippen LogP contribution in [0.4, 0.5) is 0 Å². The molecule has 6 heteroatoms. The van der Waals surface area contributed by atoms with Crippen molar-refractivity contribution in [3.05, 3.63) is 46.8 Å². The molecular formula is C20H23N3O3. The molecule has 136 valence electrons. The summed E-state index contributed by atoms with van der Waals surface area (Å²) in [5.41, 5.74) is 4.18. The first kappa shape index (κ1) is 16.8. The highest BCUT2D eigenvalue weighted by atomic mass is 16.5. The van der Waals surface area contributed by atoms with Gasteiger partial charge in [0.15, 0.2) is 5.82 Å². The van der Waals surface area contributed by atoms with Crippen LogP contribution in [-0.2, 0) is 11.2 Å². The Morgan fingerprint density at radius 1 is 1.23 bits per heavy atom. The van der Waals surface area contributed by atoms with Crippen molar-refractivity contribution >= 4 is 16.9 Å². The maximum atomic E-state index is 12.7. The summed E-state index contributed by atoms with van der Waals surface area (Å²) < 4.78 is 11.0. The minimum Gasteiger partial charge on any atom is -0.464 e. The second-order valence-corrected chi connectivity index (χ2v) is 7.16. The second-order valence-electron chi connectivity index (χ2n) is 7.16. The van der Waals surface area contributed by atoms with Gasteiger partial charge in [-0.15, -0.1) is 0 Å². The van der Waals surface area contributed by atoms with Crippen molar-refractivity contribution in [2.75, 3.05) is 13.1 Å². The predicted molar refractivity (Wildman–Crippen MR) is 97.0 cm³/mol. The molecule has 0 bridgehead atoms. The Labute approximate surface area is 152 Å². The van der Waals surface area contributed by atoms with Gasteiger partial charge in [-0.25, -0.2) is 0 Å². The highest BCUT2D eigenvalue weighted by molar-refractivity contribution is 5.89. The Morgan fingerprint density at radius 2 is 2.00 bits per heavy atom. The van der Waals surface area contributed by atoms with E-state index in [1.54, 1.807) is 6.26 Å². The maximum Gasteiger partial charge on any atom is 0.229 e. The number of carbonyl (C=O) groups excluding carboxylic acids is 1. The lowest BCUT2D eigenvalue weighted by atomic mass is 9.96. The average molecular weight is 353 g/mol. The van der Waals surface area contributed by atoms with Gasteiger partial charge in [0.2, 0.25) is 11.8 Å². The number of benzene rings is 1. The predicted octanol–water partition coefficient (Wildman–Crippen LogP) is 3.69. The van der Waals surface area contributed by atoms with Crippen molar-refractivity contribution in [3.63, 3.8) is 0 Å². The number of piperidine rings is 1. The minimum absolute atomic E-state index is 0.145. The molecule has 0 N–H and O–H groups in total. The fourth-order valence-corrected chi connectivity index (χ4v) is 3.65. The Balaban J connectivity index is 1.42. The smallest absolute Gasteiger partial charge is 0.229 e. The molecule has 1 aromatic carbocycles. The number of likely N-dealkylation sites (tertiary alicyclic amines) is 1. The molecule has 0 saturated carbocycles. The number of aryl methyl sites for hydroxylation is 3. The molecule has 1 amide bonds. The Hall–Kier alpha value is -2.63. The Morgan fingerprint density at radius 3 is 2.69 bits per heavy atom. The molecule has 3 aromatic rings. The summed E-state index contributed by atoms with van der Waals surface area (Å²) in [6.07, 6.45) is 3.82. The molecule has 0 atom stereocenters. The fourth-order valence-electron chi connectivity index (χ4n) is 3.65. The molecule has 0 radical (unpaired) electrons. The molecule has 1 saturated heterocycles. The van der Waals surface area contributed by atoms with Gasteiger partial charge in [0.05, 0.1) is 12.7 Å². The number of furan rings is 1. The number of nitrogens with zero attached hydrogens (tertiary/aromatic N) is 3. The molecule has 1 fully saturated rings. The largest absolute Gasteiger partial charge is 0.464 e. The third kappa shape index (κ3) is 3.00. The van der Waals surface area contributed by atoms with E-state index in [4.69, 9.17) is 8.94 Å². The topological polar surface area (TPSA) is 72.4 Å². The number of amides is 1. The van der Waals surface area contributed by atoms with E-state index >= 15 is 0 Å². The van der Waals surface area contributed by atoms with Crippen LogP contribution in [-0.4, -0.2) is 34.0 Å². The van der Waals surface area contributed by atoms with Gasteiger partial charge < -0.3 is 13.8 Å². The summed E-state index contributed by atoms with van der Waals surface area (Å²) in [5, 5.41) is 4.90. The second kappa shape index (κ2) is 6.59. The Bertz CT molecular complexity index is 949. The van der Waals surface area contributed by atoms with E-state index in [0.717, 1.165) is 48.0 Å². The number of rotatable bonds is 3. The minimum atomic E-state index is 0.145. The van der Waals surface area contributed by atoms with Gasteiger partial charge >= 0.3 is 0 Å². The standard InChI is InChI=1S/C20H23N3O3/c1-12-4-5-17-16(11-25-19(17)13(12)2)10-18(24)23-8-6-15(7-9-23)20-21-14(3)22-26-20/h4-5,11,15H,6-10H2,1-3H3. The first-order valence-corrected chi connectivity index (χ1v) is 9.07. The highest BCUT2D eigenvalue weighted by Gasteiger charge is 2.27. The van der Waals surface area contributed by atoms with Crippen LogP contribution < -0.4 is 0 Å². The average Bonchev–Trinajstić information content (AvgIpc) is 3.25. The summed E-state index contributed by atoms with van der Waals surface area (Å²) in [6, 6.07) is 4.13. The molecule has 3 heterocycles. The number of aromatic nitrogens is 2. The zero-order chi connectivity index (χ0) is 18.3. The first-order chi connectivity index (χ1) is 12.5. The van der Waals surface area contributed by atoms with Gasteiger partial charge in [-0.05, 0) is 44.7 Å². The molecule has 2 aromatic heterocycles. The van der Waals surface area contributed by atoms with E-state index in [9.17, 15) is 4.79 Å². The third-order valence-electron chi connectivity index (χ3n) is 5.42. The van der Waals surface area contributed by atoms with Crippen molar-refractivity contribution in [1.29, 1.82) is 0 Å². The van der Waals surface area contributed by atoms with E-state index in [1.807, 2.05) is 17.9 Å². The van der Waals surface area contributed by atoms with Crippen LogP contribution >= 0.6 is 0 Å². The van der Waals surface area contributed by atoms with Gasteiger partial charge in [0, 0.05) is 30.0 Å². The Kier molecular flexibility index (Phi) is 4.26. The highest BCUT2D eigenvalue weighted by Crippen LogP contribution is 2.29. The first-order valence-electron chi connectivity index (χ1n) is 9.07. The summed E-state index contributed by atoms with van der Waals surface area (Å²) in [7, 11) is 0. The lowest BCUT2D eigenvalue weighted by molar-refractivity contribution is -0.131. The maximum absolute atomic E-state index is 12.7. The molecule has 6 nitrogen and oxygen atoms in total. The fraction of sp³-hybridized carbons (Fsp3) is 0.450. The number of hydrogen-bond donors (Lipinski definition) is 0. The molecule has 0 aliphatic carbocycles. The molecule has 4 rings (SSSR count). The summed E-state index contributed by atoms with van der Waals surface area (Å²) in [5.74, 6) is 1.75. The summed E-state index contributed by atoms with van der Waals surface area (Å²) in [6.45, 7) is 7.38. The molecule has 26 heavy (non-hydrogen) atoms. The van der Waals surface area contributed by atoms with Crippen LogP contribution in [0, 0.1) is 20.8 Å². The van der Waals surface area contributed by atoms with E-state index in [1.165, 1.54) is 5.56 Å². The summed E-state index contributed by atoms with van der Waals surface area (Å²) >= 11 is 0. The molecule has 0 spiro atoms. The third-order valence-corrected chi connectivity index (χ3v) is 5.42. The quantitative estimate of drug-likeness (QED) is 0.718. The number of fused-ring (bicyclic) bond motifs is 1. The lowest BCUT2D eigenvalue weighted by Gasteiger charge is -2.30. The van der Waals surface area contributed by atoms with Crippen molar-refractivity contribution in [1.82, 2.24) is 15.0 Å². The van der Waals surface area contributed by atoms with Crippen molar-refractivity contribution < 1.29 is 13.7 Å². The van der Waals surface area contributed by atoms with Gasteiger partial charge in [0.25, 0.3) is 0 Å². The van der Waals surface area contributed by atoms with E-state index in [0.29, 0.717) is 18.1 Å². The molecule has 0 unspecified atom stereocenters. The van der Waals surface area contributed by atoms with Gasteiger partial charge in [-0.2, -0.15) is 4.98 Å². The van der Waals surface area contributed by atoms with E-state index < -0.39 is 0 Å². The van der Waals surface area contributed by atoms with Crippen LogP contribution in [0.25, 0.3) is 11.0 Å². The zero-order valence-corrected chi connectivity index (χ0v) is 15.4. The number of carbonyl (C=O) groups is 1. The van der Waals surface area contributed by atoms with Gasteiger partial charge in [-0.3, -0.25) is 4.79 Å². The monoisotopic (exact) mass is 353 g/mol. The van der Waals surface area contributed by atoms with Gasteiger partial charge in [0.1, 0.15) is 5.58 Å². The van der Waals surface area contributed by atoms with Crippen molar-refractivity contribution in [3.8, 4) is 0 Å². The van der Waals surface area contributed by atoms with Crippen molar-refractivity contribution in [2.45, 2.75) is 46.0 Å². The van der Waals surface area contributed by atoms with Crippen LogP contribution in [0.3, 0.4) is 0 Å². The molecule has 1 aliphatic rings. The van der Waals surface area contributed by atoms with Crippen molar-refractivity contribution in [2.24, 2.45) is 0 Å². The van der Waals surface area contributed by atoms with Gasteiger partial charge in [-0.1, -0.05) is 17.3 Å². The van der Waals surface area contributed by atoms with E-state index in [2.05, 4.69) is 30.1 Å². The van der Waals surface area contributed by atoms with Crippen LogP contribution in [0.15, 0.2) is 27.3 Å².